The summed E-state index contributed by atoms with van der Waals surface area (Å²) in [5.74, 6) is -0.560. The first kappa shape index (κ1) is 14.5. The molecule has 0 aliphatic rings. The average molecular weight is 275 g/mol. The molecule has 0 saturated heterocycles. The lowest BCUT2D eigenvalue weighted by molar-refractivity contribution is 0.234. The Labute approximate surface area is 117 Å². The third-order valence-electron chi connectivity index (χ3n) is 3.29. The van der Waals surface area contributed by atoms with Gasteiger partial charge in [0.15, 0.2) is 0 Å². The third kappa shape index (κ3) is 3.35. The molecular weight excluding hydrogens is 257 g/mol. The standard InChI is InChI=1S/C16H18FNO2/c1-11(14-8-7-13(17)9-16(14)20)18-15(10-19)12-5-3-2-4-6-12/h2-9,11,15,18-20H,10H2,1H3/t11?,15-/m1/s1. The monoisotopic (exact) mass is 275 g/mol. The van der Waals surface area contributed by atoms with E-state index < -0.39 is 5.82 Å². The number of aliphatic hydroxyl groups is 1. The van der Waals surface area contributed by atoms with Crippen LogP contribution in [0.25, 0.3) is 0 Å². The van der Waals surface area contributed by atoms with Gasteiger partial charge in [-0.1, -0.05) is 36.4 Å². The van der Waals surface area contributed by atoms with Gasteiger partial charge in [-0.05, 0) is 18.6 Å². The molecule has 20 heavy (non-hydrogen) atoms. The second kappa shape index (κ2) is 6.50. The van der Waals surface area contributed by atoms with E-state index >= 15 is 0 Å². The Morgan fingerprint density at radius 2 is 1.85 bits per heavy atom. The van der Waals surface area contributed by atoms with Crippen LogP contribution in [0, 0.1) is 5.82 Å². The Bertz CT molecular complexity index is 560. The van der Waals surface area contributed by atoms with Crippen LogP contribution < -0.4 is 5.32 Å². The van der Waals surface area contributed by atoms with Crippen LogP contribution in [0.5, 0.6) is 5.75 Å². The van der Waals surface area contributed by atoms with Crippen molar-refractivity contribution in [2.24, 2.45) is 0 Å². The molecule has 4 heteroatoms. The highest BCUT2D eigenvalue weighted by atomic mass is 19.1. The van der Waals surface area contributed by atoms with E-state index in [-0.39, 0.29) is 24.4 Å². The van der Waals surface area contributed by atoms with Crippen LogP contribution in [0.2, 0.25) is 0 Å². The zero-order valence-electron chi connectivity index (χ0n) is 11.3. The molecule has 0 spiro atoms. The van der Waals surface area contributed by atoms with Crippen LogP contribution in [-0.4, -0.2) is 16.8 Å². The van der Waals surface area contributed by atoms with Gasteiger partial charge in [-0.2, -0.15) is 0 Å². The van der Waals surface area contributed by atoms with Crippen molar-refractivity contribution < 1.29 is 14.6 Å². The zero-order chi connectivity index (χ0) is 14.5. The zero-order valence-corrected chi connectivity index (χ0v) is 11.3. The summed E-state index contributed by atoms with van der Waals surface area (Å²) < 4.78 is 13.0. The second-order valence-electron chi connectivity index (χ2n) is 4.74. The number of phenolic OH excluding ortho intramolecular Hbond substituents is 1. The highest BCUT2D eigenvalue weighted by Gasteiger charge is 2.16. The minimum atomic E-state index is -0.472. The Hall–Kier alpha value is -1.91. The van der Waals surface area contributed by atoms with Crippen LogP contribution in [0.3, 0.4) is 0 Å². The van der Waals surface area contributed by atoms with Crippen molar-refractivity contribution in [3.8, 4) is 5.75 Å². The van der Waals surface area contributed by atoms with Gasteiger partial charge in [0.05, 0.1) is 12.6 Å². The molecule has 0 radical (unpaired) electrons. The summed E-state index contributed by atoms with van der Waals surface area (Å²) in [4.78, 5) is 0. The summed E-state index contributed by atoms with van der Waals surface area (Å²) in [6.07, 6.45) is 0. The van der Waals surface area contributed by atoms with E-state index in [1.54, 1.807) is 6.07 Å². The molecule has 0 amide bonds. The maximum atomic E-state index is 13.0. The maximum absolute atomic E-state index is 13.0. The Morgan fingerprint density at radius 3 is 2.45 bits per heavy atom. The lowest BCUT2D eigenvalue weighted by Gasteiger charge is -2.23. The smallest absolute Gasteiger partial charge is 0.126 e. The van der Waals surface area contributed by atoms with Crippen LogP contribution >= 0.6 is 0 Å². The molecule has 2 rings (SSSR count). The summed E-state index contributed by atoms with van der Waals surface area (Å²) in [7, 11) is 0. The molecule has 1 unspecified atom stereocenters. The highest BCUT2D eigenvalue weighted by molar-refractivity contribution is 5.35. The van der Waals surface area contributed by atoms with Crippen molar-refractivity contribution >= 4 is 0 Å². The van der Waals surface area contributed by atoms with Gasteiger partial charge in [0.25, 0.3) is 0 Å². The van der Waals surface area contributed by atoms with E-state index in [1.807, 2.05) is 37.3 Å². The number of benzene rings is 2. The van der Waals surface area contributed by atoms with Gasteiger partial charge in [-0.3, -0.25) is 0 Å². The van der Waals surface area contributed by atoms with Gasteiger partial charge in [-0.15, -0.1) is 0 Å². The quantitative estimate of drug-likeness (QED) is 0.786. The van der Waals surface area contributed by atoms with Crippen LogP contribution in [0.1, 0.15) is 30.1 Å². The minimum absolute atomic E-state index is 0.0592. The van der Waals surface area contributed by atoms with E-state index in [2.05, 4.69) is 5.32 Å². The van der Waals surface area contributed by atoms with Crippen LogP contribution in [0.4, 0.5) is 4.39 Å². The molecule has 2 aromatic carbocycles. The van der Waals surface area contributed by atoms with Crippen molar-refractivity contribution in [2.75, 3.05) is 6.61 Å². The molecule has 0 aliphatic heterocycles. The predicted octanol–water partition coefficient (Wildman–Crippen LogP) is 2.92. The van der Waals surface area contributed by atoms with Gasteiger partial charge in [-0.25, -0.2) is 4.39 Å². The Morgan fingerprint density at radius 1 is 1.15 bits per heavy atom. The van der Waals surface area contributed by atoms with Crippen molar-refractivity contribution in [3.63, 3.8) is 0 Å². The van der Waals surface area contributed by atoms with Gasteiger partial charge in [0.1, 0.15) is 11.6 Å². The van der Waals surface area contributed by atoms with Crippen molar-refractivity contribution in [3.05, 3.63) is 65.5 Å². The van der Waals surface area contributed by atoms with E-state index in [0.717, 1.165) is 11.6 Å². The lowest BCUT2D eigenvalue weighted by atomic mass is 10.0. The molecule has 2 aromatic rings. The average Bonchev–Trinajstić information content (AvgIpc) is 2.45. The molecule has 0 heterocycles. The van der Waals surface area contributed by atoms with Gasteiger partial charge in [0.2, 0.25) is 0 Å². The van der Waals surface area contributed by atoms with Crippen molar-refractivity contribution in [1.82, 2.24) is 5.32 Å². The minimum Gasteiger partial charge on any atom is -0.508 e. The van der Waals surface area contributed by atoms with E-state index in [4.69, 9.17) is 0 Å². The highest BCUT2D eigenvalue weighted by Crippen LogP contribution is 2.27. The number of nitrogens with one attached hydrogen (secondary N) is 1. The van der Waals surface area contributed by atoms with Gasteiger partial charge >= 0.3 is 0 Å². The third-order valence-corrected chi connectivity index (χ3v) is 3.29. The van der Waals surface area contributed by atoms with E-state index in [9.17, 15) is 14.6 Å². The fourth-order valence-corrected chi connectivity index (χ4v) is 2.21. The Kier molecular flexibility index (Phi) is 4.71. The maximum Gasteiger partial charge on any atom is 0.126 e. The molecule has 106 valence electrons. The molecule has 0 aliphatic carbocycles. The van der Waals surface area contributed by atoms with E-state index in [1.165, 1.54) is 6.07 Å². The second-order valence-corrected chi connectivity index (χ2v) is 4.74. The lowest BCUT2D eigenvalue weighted by Crippen LogP contribution is -2.27. The number of rotatable bonds is 5. The largest absolute Gasteiger partial charge is 0.508 e. The normalized spacial score (nSPS) is 13.9. The summed E-state index contributed by atoms with van der Waals surface area (Å²) in [6, 6.07) is 13.0. The molecule has 2 atom stereocenters. The summed E-state index contributed by atoms with van der Waals surface area (Å²) in [5, 5.41) is 22.5. The van der Waals surface area contributed by atoms with Crippen molar-refractivity contribution in [2.45, 2.75) is 19.0 Å². The van der Waals surface area contributed by atoms with Gasteiger partial charge in [0, 0.05) is 17.7 Å². The van der Waals surface area contributed by atoms with Crippen molar-refractivity contribution in [1.29, 1.82) is 0 Å². The molecule has 3 N–H and O–H groups in total. The van der Waals surface area contributed by atoms with E-state index in [0.29, 0.717) is 5.56 Å². The fraction of sp³-hybridized carbons (Fsp3) is 0.250. The first-order valence-electron chi connectivity index (χ1n) is 6.52. The summed E-state index contributed by atoms with van der Waals surface area (Å²) in [5.41, 5.74) is 1.56. The van der Waals surface area contributed by atoms with Gasteiger partial charge < -0.3 is 15.5 Å². The molecular formula is C16H18FNO2. The molecule has 0 bridgehead atoms. The number of phenols is 1. The number of aliphatic hydroxyl groups excluding tert-OH is 1. The predicted molar refractivity (Wildman–Crippen MR) is 75.9 cm³/mol. The molecule has 0 fully saturated rings. The molecule has 3 nitrogen and oxygen atoms in total. The number of hydrogen-bond acceptors (Lipinski definition) is 3. The summed E-state index contributed by atoms with van der Waals surface area (Å²) in [6.45, 7) is 1.80. The molecule has 0 aromatic heterocycles. The topological polar surface area (TPSA) is 52.5 Å². The molecule has 0 saturated carbocycles. The fourth-order valence-electron chi connectivity index (χ4n) is 2.21. The number of aromatic hydroxyl groups is 1. The SMILES string of the molecule is CC(N[C@H](CO)c1ccccc1)c1ccc(F)cc1O. The van der Waals surface area contributed by atoms with Crippen LogP contribution in [0.15, 0.2) is 48.5 Å². The first-order valence-corrected chi connectivity index (χ1v) is 6.52. The summed E-state index contributed by atoms with van der Waals surface area (Å²) >= 11 is 0. The Balaban J connectivity index is 2.15. The number of halogens is 1. The first-order chi connectivity index (χ1) is 9.61. The number of hydrogen-bond donors (Lipinski definition) is 3. The van der Waals surface area contributed by atoms with Crippen LogP contribution in [-0.2, 0) is 0 Å².